The van der Waals surface area contributed by atoms with Gasteiger partial charge in [0.25, 0.3) is 0 Å². The average molecular weight is 392 g/mol. The van der Waals surface area contributed by atoms with E-state index in [1.807, 2.05) is 50.2 Å². The van der Waals surface area contributed by atoms with Gasteiger partial charge < -0.3 is 18.8 Å². The quantitative estimate of drug-likeness (QED) is 0.514. The van der Waals surface area contributed by atoms with Crippen LogP contribution in [0.4, 0.5) is 5.82 Å². The summed E-state index contributed by atoms with van der Waals surface area (Å²) < 4.78 is 16.9. The highest BCUT2D eigenvalue weighted by Crippen LogP contribution is 2.34. The number of morpholine rings is 1. The van der Waals surface area contributed by atoms with Gasteiger partial charge in [-0.05, 0) is 24.3 Å². The van der Waals surface area contributed by atoms with Crippen molar-refractivity contribution in [2.75, 3.05) is 38.3 Å². The molecule has 29 heavy (non-hydrogen) atoms. The van der Waals surface area contributed by atoms with E-state index in [0.29, 0.717) is 30.3 Å². The Kier molecular flexibility index (Phi) is 5.57. The van der Waals surface area contributed by atoms with Crippen LogP contribution in [0.25, 0.3) is 33.6 Å². The molecule has 0 saturated carbocycles. The van der Waals surface area contributed by atoms with Gasteiger partial charge in [0.15, 0.2) is 17.2 Å². The van der Waals surface area contributed by atoms with Crippen molar-refractivity contribution >= 4 is 28.0 Å². The van der Waals surface area contributed by atoms with Gasteiger partial charge in [0, 0.05) is 24.8 Å². The number of methoxy groups -OCH3 is 1. The molecule has 1 aliphatic rings. The first-order valence-corrected chi connectivity index (χ1v) is 9.86. The van der Waals surface area contributed by atoms with Gasteiger partial charge in [-0.15, -0.1) is 0 Å². The van der Waals surface area contributed by atoms with Gasteiger partial charge in [-0.3, -0.25) is 0 Å². The SMILES string of the molecule is CC.COc1cccc(-c2nc(N3CCOCC3)c3oc4ncccc4c3n2)c1. The number of rotatable bonds is 3. The fourth-order valence-corrected chi connectivity index (χ4v) is 3.34. The fourth-order valence-electron chi connectivity index (χ4n) is 3.34. The summed E-state index contributed by atoms with van der Waals surface area (Å²) in [6.07, 6.45) is 1.72. The van der Waals surface area contributed by atoms with E-state index in [2.05, 4.69) is 9.88 Å². The fraction of sp³-hybridized carbons (Fsp3) is 0.318. The molecule has 1 fully saturated rings. The number of hydrogen-bond acceptors (Lipinski definition) is 7. The van der Waals surface area contributed by atoms with E-state index in [1.165, 1.54) is 0 Å². The Morgan fingerprint density at radius 1 is 1.03 bits per heavy atom. The summed E-state index contributed by atoms with van der Waals surface area (Å²) in [6.45, 7) is 6.85. The molecule has 0 bridgehead atoms. The number of benzene rings is 1. The molecule has 0 atom stereocenters. The molecule has 0 radical (unpaired) electrons. The minimum absolute atomic E-state index is 0.569. The number of furan rings is 1. The summed E-state index contributed by atoms with van der Waals surface area (Å²) in [5.41, 5.74) is 2.90. The van der Waals surface area contributed by atoms with Crippen LogP contribution in [0.3, 0.4) is 0 Å². The van der Waals surface area contributed by atoms with Gasteiger partial charge in [0.05, 0.1) is 25.7 Å². The minimum atomic E-state index is 0.569. The highest BCUT2D eigenvalue weighted by Gasteiger charge is 2.22. The zero-order valence-electron chi connectivity index (χ0n) is 16.9. The lowest BCUT2D eigenvalue weighted by atomic mass is 10.2. The molecule has 0 N–H and O–H groups in total. The summed E-state index contributed by atoms with van der Waals surface area (Å²) in [5, 5.41) is 0.883. The van der Waals surface area contributed by atoms with E-state index < -0.39 is 0 Å². The molecule has 0 spiro atoms. The topological polar surface area (TPSA) is 73.5 Å². The first-order chi connectivity index (χ1) is 14.3. The molecule has 7 heteroatoms. The van der Waals surface area contributed by atoms with E-state index in [0.717, 1.165) is 41.1 Å². The van der Waals surface area contributed by atoms with E-state index in [-0.39, 0.29) is 0 Å². The summed E-state index contributed by atoms with van der Waals surface area (Å²) >= 11 is 0. The van der Waals surface area contributed by atoms with E-state index in [4.69, 9.17) is 23.9 Å². The van der Waals surface area contributed by atoms with Crippen LogP contribution in [0.2, 0.25) is 0 Å². The number of anilines is 1. The van der Waals surface area contributed by atoms with Crippen LogP contribution in [0.15, 0.2) is 47.0 Å². The predicted molar refractivity (Wildman–Crippen MR) is 113 cm³/mol. The van der Waals surface area contributed by atoms with Crippen molar-refractivity contribution in [1.82, 2.24) is 15.0 Å². The number of ether oxygens (including phenoxy) is 2. The van der Waals surface area contributed by atoms with Crippen LogP contribution in [-0.4, -0.2) is 48.4 Å². The molecule has 4 heterocycles. The van der Waals surface area contributed by atoms with Crippen molar-refractivity contribution in [1.29, 1.82) is 0 Å². The Balaban J connectivity index is 0.000000994. The van der Waals surface area contributed by atoms with Crippen LogP contribution in [-0.2, 0) is 4.74 Å². The maximum atomic E-state index is 6.03. The molecule has 7 nitrogen and oxygen atoms in total. The molecular weight excluding hydrogens is 368 g/mol. The van der Waals surface area contributed by atoms with Crippen LogP contribution in [0.1, 0.15) is 13.8 Å². The first kappa shape index (κ1) is 19.1. The predicted octanol–water partition coefficient (Wildman–Crippen LogP) is 4.31. The van der Waals surface area contributed by atoms with E-state index in [9.17, 15) is 0 Å². The number of hydrogen-bond donors (Lipinski definition) is 0. The normalized spacial score (nSPS) is 14.0. The Hall–Kier alpha value is -3.19. The highest BCUT2D eigenvalue weighted by atomic mass is 16.5. The number of aromatic nitrogens is 3. The van der Waals surface area contributed by atoms with Crippen LogP contribution < -0.4 is 9.64 Å². The van der Waals surface area contributed by atoms with Crippen molar-refractivity contribution in [2.45, 2.75) is 13.8 Å². The zero-order chi connectivity index (χ0) is 20.2. The Morgan fingerprint density at radius 3 is 2.66 bits per heavy atom. The van der Waals surface area contributed by atoms with Crippen molar-refractivity contribution < 1.29 is 13.9 Å². The third-order valence-electron chi connectivity index (χ3n) is 4.71. The Morgan fingerprint density at radius 2 is 1.86 bits per heavy atom. The molecule has 1 aliphatic heterocycles. The second-order valence-corrected chi connectivity index (χ2v) is 6.34. The standard InChI is InChI=1S/C20H18N4O3.C2H6/c1-25-14-5-2-4-13(12-14)18-22-16-15-6-3-7-21-20(15)27-17(16)19(23-18)24-8-10-26-11-9-24;1-2/h2-7,12H,8-11H2,1H3;1-2H3. The van der Waals surface area contributed by atoms with Crippen molar-refractivity contribution in [2.24, 2.45) is 0 Å². The largest absolute Gasteiger partial charge is 0.497 e. The third-order valence-corrected chi connectivity index (χ3v) is 4.71. The van der Waals surface area contributed by atoms with Gasteiger partial charge in [-0.1, -0.05) is 26.0 Å². The van der Waals surface area contributed by atoms with Gasteiger partial charge in [-0.2, -0.15) is 0 Å². The molecule has 5 rings (SSSR count). The van der Waals surface area contributed by atoms with Gasteiger partial charge in [0.1, 0.15) is 11.3 Å². The highest BCUT2D eigenvalue weighted by molar-refractivity contribution is 6.05. The van der Waals surface area contributed by atoms with Gasteiger partial charge in [-0.25, -0.2) is 15.0 Å². The monoisotopic (exact) mass is 392 g/mol. The smallest absolute Gasteiger partial charge is 0.229 e. The molecule has 0 aliphatic carbocycles. The molecule has 0 amide bonds. The van der Waals surface area contributed by atoms with Crippen molar-refractivity contribution in [3.8, 4) is 17.1 Å². The zero-order valence-corrected chi connectivity index (χ0v) is 16.9. The van der Waals surface area contributed by atoms with Crippen LogP contribution in [0, 0.1) is 0 Å². The number of pyridine rings is 1. The average Bonchev–Trinajstić information content (AvgIpc) is 3.19. The Labute approximate surface area is 169 Å². The lowest BCUT2D eigenvalue weighted by Gasteiger charge is -2.27. The minimum Gasteiger partial charge on any atom is -0.497 e. The van der Waals surface area contributed by atoms with Gasteiger partial charge >= 0.3 is 0 Å². The molecule has 0 unspecified atom stereocenters. The molecule has 3 aromatic heterocycles. The summed E-state index contributed by atoms with van der Waals surface area (Å²) in [6, 6.07) is 11.6. The first-order valence-electron chi connectivity index (χ1n) is 9.86. The third kappa shape index (κ3) is 3.61. The molecule has 4 aromatic rings. The van der Waals surface area contributed by atoms with E-state index in [1.54, 1.807) is 13.3 Å². The van der Waals surface area contributed by atoms with Crippen molar-refractivity contribution in [3.05, 3.63) is 42.6 Å². The molecule has 150 valence electrons. The molecular formula is C22H24N4O3. The number of nitrogens with zero attached hydrogens (tertiary/aromatic N) is 4. The second kappa shape index (κ2) is 8.45. The summed E-state index contributed by atoms with van der Waals surface area (Å²) in [4.78, 5) is 16.2. The van der Waals surface area contributed by atoms with Crippen LogP contribution >= 0.6 is 0 Å². The lowest BCUT2D eigenvalue weighted by molar-refractivity contribution is 0.122. The lowest BCUT2D eigenvalue weighted by Crippen LogP contribution is -2.37. The van der Waals surface area contributed by atoms with Crippen LogP contribution in [0.5, 0.6) is 5.75 Å². The summed E-state index contributed by atoms with van der Waals surface area (Å²) in [5.74, 6) is 2.18. The van der Waals surface area contributed by atoms with Gasteiger partial charge in [0.2, 0.25) is 5.71 Å². The molecule has 1 saturated heterocycles. The van der Waals surface area contributed by atoms with Crippen molar-refractivity contribution in [3.63, 3.8) is 0 Å². The maximum absolute atomic E-state index is 6.03. The second-order valence-electron chi connectivity index (χ2n) is 6.34. The number of fused-ring (bicyclic) bond motifs is 3. The maximum Gasteiger partial charge on any atom is 0.229 e. The summed E-state index contributed by atoms with van der Waals surface area (Å²) in [7, 11) is 1.65. The Bertz CT molecular complexity index is 1120. The molecule has 1 aromatic carbocycles. The van der Waals surface area contributed by atoms with E-state index >= 15 is 0 Å².